The van der Waals surface area contributed by atoms with E-state index in [0.29, 0.717) is 22.9 Å². The first-order valence-electron chi connectivity index (χ1n) is 11.6. The fourth-order valence-electron chi connectivity index (χ4n) is 3.67. The minimum absolute atomic E-state index is 0.0316. The molecule has 1 heterocycles. The van der Waals surface area contributed by atoms with Crippen molar-refractivity contribution in [1.29, 1.82) is 0 Å². The van der Waals surface area contributed by atoms with E-state index >= 15 is 0 Å². The van der Waals surface area contributed by atoms with Gasteiger partial charge in [0.05, 0.1) is 13.7 Å². The highest BCUT2D eigenvalue weighted by Gasteiger charge is 2.27. The molecule has 186 valence electrons. The van der Waals surface area contributed by atoms with E-state index in [1.54, 1.807) is 6.92 Å². The number of rotatable bonds is 8. The monoisotopic (exact) mass is 495 g/mol. The van der Waals surface area contributed by atoms with Crippen LogP contribution in [-0.4, -0.2) is 31.7 Å². The van der Waals surface area contributed by atoms with E-state index in [-0.39, 0.29) is 11.3 Å². The van der Waals surface area contributed by atoms with Gasteiger partial charge in [-0.2, -0.15) is 0 Å². The highest BCUT2D eigenvalue weighted by atomic mass is 32.1. The summed E-state index contributed by atoms with van der Waals surface area (Å²) >= 11 is 1.33. The minimum atomic E-state index is -0.766. The Hall–Kier alpha value is -3.32. The van der Waals surface area contributed by atoms with E-state index < -0.39 is 12.1 Å². The summed E-state index contributed by atoms with van der Waals surface area (Å²) in [7, 11) is 1.33. The van der Waals surface area contributed by atoms with Crippen LogP contribution in [0.4, 0.5) is 5.00 Å². The van der Waals surface area contributed by atoms with Gasteiger partial charge in [-0.1, -0.05) is 45.0 Å². The highest BCUT2D eigenvalue weighted by molar-refractivity contribution is 7.17. The van der Waals surface area contributed by atoms with Crippen LogP contribution >= 0.6 is 11.3 Å². The van der Waals surface area contributed by atoms with Crippen molar-refractivity contribution in [1.82, 2.24) is 0 Å². The van der Waals surface area contributed by atoms with Crippen LogP contribution in [0.15, 0.2) is 48.5 Å². The summed E-state index contributed by atoms with van der Waals surface area (Å²) in [5.74, 6) is 0.486. The van der Waals surface area contributed by atoms with Crippen molar-refractivity contribution in [2.75, 3.05) is 19.0 Å². The first-order chi connectivity index (χ1) is 16.5. The Morgan fingerprint density at radius 1 is 1.00 bits per heavy atom. The lowest BCUT2D eigenvalue weighted by Crippen LogP contribution is -2.30. The van der Waals surface area contributed by atoms with Gasteiger partial charge in [0.1, 0.15) is 22.1 Å². The first kappa shape index (κ1) is 26.3. The SMILES string of the molecule is CCOc1ccc(-c2c(C)sc(NC(=O)C(C)Oc3ccc(C(C)(C)C)cc3)c2C(=O)OC)cc1. The lowest BCUT2D eigenvalue weighted by molar-refractivity contribution is -0.122. The zero-order valence-electron chi connectivity index (χ0n) is 21.4. The number of benzene rings is 2. The summed E-state index contributed by atoms with van der Waals surface area (Å²) in [6.45, 7) is 12.5. The zero-order chi connectivity index (χ0) is 25.8. The molecule has 1 amide bonds. The Labute approximate surface area is 211 Å². The molecular formula is C28H33NO5S. The number of amides is 1. The van der Waals surface area contributed by atoms with Crippen molar-refractivity contribution in [3.05, 3.63) is 64.5 Å². The largest absolute Gasteiger partial charge is 0.494 e. The fraction of sp³-hybridized carbons (Fsp3) is 0.357. The molecule has 35 heavy (non-hydrogen) atoms. The minimum Gasteiger partial charge on any atom is -0.494 e. The molecule has 0 saturated heterocycles. The lowest BCUT2D eigenvalue weighted by atomic mass is 9.87. The molecule has 7 heteroatoms. The average Bonchev–Trinajstić information content (AvgIpc) is 3.14. The van der Waals surface area contributed by atoms with Crippen LogP contribution in [0.2, 0.25) is 0 Å². The Morgan fingerprint density at radius 2 is 1.60 bits per heavy atom. The number of anilines is 1. The third-order valence-electron chi connectivity index (χ3n) is 5.57. The molecule has 0 aliphatic rings. The first-order valence-corrected chi connectivity index (χ1v) is 12.4. The summed E-state index contributed by atoms with van der Waals surface area (Å²) in [4.78, 5) is 26.6. The number of nitrogens with one attached hydrogen (secondary N) is 1. The quantitative estimate of drug-likeness (QED) is 0.356. The van der Waals surface area contributed by atoms with Crippen molar-refractivity contribution >= 4 is 28.2 Å². The average molecular weight is 496 g/mol. The molecular weight excluding hydrogens is 462 g/mol. The van der Waals surface area contributed by atoms with Crippen molar-refractivity contribution < 1.29 is 23.8 Å². The van der Waals surface area contributed by atoms with Crippen LogP contribution < -0.4 is 14.8 Å². The van der Waals surface area contributed by atoms with Crippen LogP contribution in [0.1, 0.15) is 55.4 Å². The maximum absolute atomic E-state index is 13.0. The maximum Gasteiger partial charge on any atom is 0.341 e. The molecule has 1 aromatic heterocycles. The summed E-state index contributed by atoms with van der Waals surface area (Å²) in [5, 5.41) is 3.31. The molecule has 3 rings (SSSR count). The Balaban J connectivity index is 1.83. The van der Waals surface area contributed by atoms with Crippen molar-refractivity contribution in [3.63, 3.8) is 0 Å². The van der Waals surface area contributed by atoms with Gasteiger partial charge in [0.2, 0.25) is 0 Å². The van der Waals surface area contributed by atoms with Gasteiger partial charge in [0.25, 0.3) is 5.91 Å². The molecule has 6 nitrogen and oxygen atoms in total. The fourth-order valence-corrected chi connectivity index (χ4v) is 4.73. The second-order valence-corrected chi connectivity index (χ2v) is 10.4. The molecule has 1 atom stereocenters. The van der Waals surface area contributed by atoms with Gasteiger partial charge < -0.3 is 19.5 Å². The number of carbonyl (C=O) groups is 2. The number of aryl methyl sites for hydroxylation is 1. The second kappa shape index (κ2) is 11.0. The van der Waals surface area contributed by atoms with Crippen LogP contribution in [0.5, 0.6) is 11.5 Å². The molecule has 1 N–H and O–H groups in total. The van der Waals surface area contributed by atoms with Crippen molar-refractivity contribution in [2.24, 2.45) is 0 Å². The molecule has 0 spiro atoms. The molecule has 1 unspecified atom stereocenters. The van der Waals surface area contributed by atoms with Gasteiger partial charge in [-0.05, 0) is 61.6 Å². The number of methoxy groups -OCH3 is 1. The third kappa shape index (κ3) is 6.22. The summed E-state index contributed by atoms with van der Waals surface area (Å²) in [5.41, 5.74) is 3.11. The van der Waals surface area contributed by atoms with Crippen molar-refractivity contribution in [3.8, 4) is 22.6 Å². The van der Waals surface area contributed by atoms with E-state index in [1.807, 2.05) is 62.4 Å². The van der Waals surface area contributed by atoms with Crippen LogP contribution in [0, 0.1) is 6.92 Å². The molecule has 0 bridgehead atoms. The predicted molar refractivity (Wildman–Crippen MR) is 141 cm³/mol. The van der Waals surface area contributed by atoms with Crippen LogP contribution in [0.25, 0.3) is 11.1 Å². The number of hydrogen-bond acceptors (Lipinski definition) is 6. The van der Waals surface area contributed by atoms with E-state index in [9.17, 15) is 9.59 Å². The molecule has 0 aliphatic heterocycles. The van der Waals surface area contributed by atoms with Gasteiger partial charge in [-0.15, -0.1) is 11.3 Å². The smallest absolute Gasteiger partial charge is 0.341 e. The van der Waals surface area contributed by atoms with Gasteiger partial charge in [0, 0.05) is 10.4 Å². The van der Waals surface area contributed by atoms with Gasteiger partial charge >= 0.3 is 5.97 Å². The lowest BCUT2D eigenvalue weighted by Gasteiger charge is -2.20. The second-order valence-electron chi connectivity index (χ2n) is 9.21. The normalized spacial score (nSPS) is 12.1. The Morgan fingerprint density at radius 3 is 2.14 bits per heavy atom. The number of carbonyl (C=O) groups excluding carboxylic acids is 2. The van der Waals surface area contributed by atoms with E-state index in [1.165, 1.54) is 24.0 Å². The Kier molecular flexibility index (Phi) is 8.22. The van der Waals surface area contributed by atoms with Gasteiger partial charge in [-0.25, -0.2) is 4.79 Å². The molecule has 0 fully saturated rings. The number of hydrogen-bond donors (Lipinski definition) is 1. The molecule has 0 saturated carbocycles. The third-order valence-corrected chi connectivity index (χ3v) is 6.59. The molecule has 0 aliphatic carbocycles. The van der Waals surface area contributed by atoms with Crippen LogP contribution in [-0.2, 0) is 14.9 Å². The topological polar surface area (TPSA) is 73.9 Å². The zero-order valence-corrected chi connectivity index (χ0v) is 22.2. The van der Waals surface area contributed by atoms with Crippen LogP contribution in [0.3, 0.4) is 0 Å². The number of ether oxygens (including phenoxy) is 3. The number of thiophene rings is 1. The van der Waals surface area contributed by atoms with E-state index in [2.05, 4.69) is 26.1 Å². The highest BCUT2D eigenvalue weighted by Crippen LogP contribution is 2.41. The Bertz CT molecular complexity index is 1170. The summed E-state index contributed by atoms with van der Waals surface area (Å²) in [6, 6.07) is 15.2. The maximum atomic E-state index is 13.0. The molecule has 3 aromatic rings. The molecule has 0 radical (unpaired) electrons. The predicted octanol–water partition coefficient (Wildman–Crippen LogP) is 6.61. The molecule has 2 aromatic carbocycles. The van der Waals surface area contributed by atoms with Crippen molar-refractivity contribution in [2.45, 2.75) is 53.1 Å². The summed E-state index contributed by atoms with van der Waals surface area (Å²) in [6.07, 6.45) is -0.766. The van der Waals surface area contributed by atoms with E-state index in [4.69, 9.17) is 14.2 Å². The van der Waals surface area contributed by atoms with Gasteiger partial charge in [0.15, 0.2) is 6.10 Å². The standard InChI is InChI=1S/C28H33NO5S/c1-8-33-21-13-9-19(10-14-21)23-18(3)35-26(24(23)27(31)32-7)29-25(30)17(2)34-22-15-11-20(12-16-22)28(4,5)6/h9-17H,8H2,1-7H3,(H,29,30). The number of esters is 1. The van der Waals surface area contributed by atoms with Gasteiger partial charge in [-0.3, -0.25) is 4.79 Å². The van der Waals surface area contributed by atoms with E-state index in [0.717, 1.165) is 21.8 Å². The summed E-state index contributed by atoms with van der Waals surface area (Å²) < 4.78 is 16.4.